The Morgan fingerprint density at radius 3 is 1.53 bits per heavy atom. The molecule has 0 aliphatic rings. The van der Waals surface area contributed by atoms with Gasteiger partial charge in [0, 0.05) is 0 Å². The summed E-state index contributed by atoms with van der Waals surface area (Å²) >= 11 is 0. The third-order valence-corrected chi connectivity index (χ3v) is 5.91. The van der Waals surface area contributed by atoms with Crippen LogP contribution in [0.2, 0.25) is 0 Å². The van der Waals surface area contributed by atoms with Crippen molar-refractivity contribution in [3.63, 3.8) is 0 Å². The van der Waals surface area contributed by atoms with E-state index in [2.05, 4.69) is 0 Å². The Bertz CT molecular complexity index is 586. The molecule has 0 saturated carbocycles. The summed E-state index contributed by atoms with van der Waals surface area (Å²) in [5.74, 6) is -0.945. The zero-order chi connectivity index (χ0) is 15.5. The molecule has 12 heteroatoms. The summed E-state index contributed by atoms with van der Waals surface area (Å²) < 4.78 is 91.3. The topological polar surface area (TPSA) is 163 Å². The molecule has 0 radical (unpaired) electrons. The first kappa shape index (κ1) is 18.7. The fraction of sp³-hybridized carbons (Fsp3) is 1.00. The Morgan fingerprint density at radius 2 is 1.26 bits per heavy atom. The maximum Gasteiger partial charge on any atom is 0.267 e. The SMILES string of the molecule is CCC(CC(CCS(=O)(=O)O)S(=O)(=O)O)S(=O)(=O)O. The molecule has 0 amide bonds. The molecule has 9 nitrogen and oxygen atoms in total. The van der Waals surface area contributed by atoms with Gasteiger partial charge in [0.05, 0.1) is 16.3 Å². The minimum absolute atomic E-state index is 0.114. The van der Waals surface area contributed by atoms with E-state index in [0.717, 1.165) is 0 Å². The van der Waals surface area contributed by atoms with Gasteiger partial charge in [0.2, 0.25) is 0 Å². The molecule has 0 bridgehead atoms. The molecular weight excluding hydrogens is 324 g/mol. The molecule has 0 aliphatic heterocycles. The van der Waals surface area contributed by atoms with Gasteiger partial charge in [-0.05, 0) is 19.3 Å². The first-order chi connectivity index (χ1) is 8.27. The summed E-state index contributed by atoms with van der Waals surface area (Å²) in [6, 6.07) is 0. The van der Waals surface area contributed by atoms with Crippen molar-refractivity contribution in [1.82, 2.24) is 0 Å². The van der Waals surface area contributed by atoms with Crippen molar-refractivity contribution in [2.75, 3.05) is 5.75 Å². The molecule has 0 heterocycles. The Labute approximate surface area is 112 Å². The molecule has 3 N–H and O–H groups in total. The molecule has 0 aromatic carbocycles. The van der Waals surface area contributed by atoms with Gasteiger partial charge in [-0.1, -0.05) is 6.92 Å². The Hall–Kier alpha value is -0.270. The zero-order valence-electron chi connectivity index (χ0n) is 10.00. The molecule has 2 atom stereocenters. The van der Waals surface area contributed by atoms with E-state index in [1.165, 1.54) is 6.92 Å². The van der Waals surface area contributed by atoms with Crippen LogP contribution in [0.1, 0.15) is 26.2 Å². The van der Waals surface area contributed by atoms with Crippen LogP contribution in [0.3, 0.4) is 0 Å². The van der Waals surface area contributed by atoms with Gasteiger partial charge < -0.3 is 0 Å². The molecule has 2 unspecified atom stereocenters. The van der Waals surface area contributed by atoms with E-state index in [4.69, 9.17) is 13.7 Å². The lowest BCUT2D eigenvalue weighted by atomic mass is 10.1. The molecule has 116 valence electrons. The lowest BCUT2D eigenvalue weighted by molar-refractivity contribution is 0.437. The van der Waals surface area contributed by atoms with Crippen LogP contribution in [0.25, 0.3) is 0 Å². The Balaban J connectivity index is 5.10. The van der Waals surface area contributed by atoms with E-state index in [9.17, 15) is 25.3 Å². The predicted octanol–water partition coefficient (Wildman–Crippen LogP) is -0.423. The van der Waals surface area contributed by atoms with Crippen LogP contribution in [0.4, 0.5) is 0 Å². The van der Waals surface area contributed by atoms with Crippen LogP contribution in [-0.4, -0.2) is 55.2 Å². The van der Waals surface area contributed by atoms with E-state index in [1.54, 1.807) is 0 Å². The second-order valence-corrected chi connectivity index (χ2v) is 8.96. The summed E-state index contributed by atoms with van der Waals surface area (Å²) in [6.45, 7) is 1.38. The highest BCUT2D eigenvalue weighted by Gasteiger charge is 2.32. The number of hydrogen-bond acceptors (Lipinski definition) is 6. The van der Waals surface area contributed by atoms with Crippen molar-refractivity contribution in [1.29, 1.82) is 0 Å². The molecule has 0 rings (SSSR count). The van der Waals surface area contributed by atoms with E-state index in [0.29, 0.717) is 0 Å². The minimum Gasteiger partial charge on any atom is -0.286 e. The van der Waals surface area contributed by atoms with Crippen LogP contribution in [0.15, 0.2) is 0 Å². The van der Waals surface area contributed by atoms with Crippen molar-refractivity contribution in [3.8, 4) is 0 Å². The molecular formula is C7H16O9S3. The van der Waals surface area contributed by atoms with Crippen molar-refractivity contribution in [3.05, 3.63) is 0 Å². The van der Waals surface area contributed by atoms with Gasteiger partial charge in [-0.2, -0.15) is 25.3 Å². The van der Waals surface area contributed by atoms with Gasteiger partial charge >= 0.3 is 0 Å². The van der Waals surface area contributed by atoms with Crippen LogP contribution in [-0.2, 0) is 30.4 Å². The maximum absolute atomic E-state index is 11.0. The minimum atomic E-state index is -4.70. The monoisotopic (exact) mass is 340 g/mol. The highest BCUT2D eigenvalue weighted by molar-refractivity contribution is 7.87. The molecule has 19 heavy (non-hydrogen) atoms. The van der Waals surface area contributed by atoms with Gasteiger partial charge in [-0.3, -0.25) is 13.7 Å². The second kappa shape index (κ2) is 6.45. The van der Waals surface area contributed by atoms with Gasteiger partial charge in [-0.25, -0.2) is 0 Å². The average Bonchev–Trinajstić information content (AvgIpc) is 2.11. The molecule has 0 saturated heterocycles. The van der Waals surface area contributed by atoms with Crippen LogP contribution >= 0.6 is 0 Å². The summed E-state index contributed by atoms with van der Waals surface area (Å²) in [4.78, 5) is 0. The molecule has 0 spiro atoms. The van der Waals surface area contributed by atoms with E-state index in [1.807, 2.05) is 0 Å². The van der Waals surface area contributed by atoms with E-state index < -0.39 is 59.4 Å². The van der Waals surface area contributed by atoms with Crippen LogP contribution in [0, 0.1) is 0 Å². The van der Waals surface area contributed by atoms with Crippen molar-refractivity contribution in [2.24, 2.45) is 0 Å². The molecule has 0 fully saturated rings. The fourth-order valence-electron chi connectivity index (χ4n) is 1.46. The second-order valence-electron chi connectivity index (χ2n) is 3.99. The third-order valence-electron chi connectivity index (χ3n) is 2.52. The van der Waals surface area contributed by atoms with Gasteiger partial charge in [0.1, 0.15) is 0 Å². The van der Waals surface area contributed by atoms with E-state index in [-0.39, 0.29) is 6.42 Å². The first-order valence-electron chi connectivity index (χ1n) is 5.15. The summed E-state index contributed by atoms with van der Waals surface area (Å²) in [5.41, 5.74) is 0. The highest BCUT2D eigenvalue weighted by atomic mass is 32.2. The van der Waals surface area contributed by atoms with E-state index >= 15 is 0 Å². The number of hydrogen-bond donors (Lipinski definition) is 3. The maximum atomic E-state index is 11.0. The van der Waals surface area contributed by atoms with Crippen LogP contribution < -0.4 is 0 Å². The Morgan fingerprint density at radius 1 is 0.842 bits per heavy atom. The average molecular weight is 340 g/mol. The molecule has 0 aliphatic carbocycles. The van der Waals surface area contributed by atoms with Gasteiger partial charge in [0.15, 0.2) is 0 Å². The fourth-order valence-corrected chi connectivity index (χ4v) is 4.10. The standard InChI is InChI=1S/C7H16O9S3/c1-2-6(18(11,12)13)5-7(19(14,15)16)3-4-17(8,9)10/h6-7H,2-5H2,1H3,(H,8,9,10)(H,11,12,13)(H,14,15,16). The lowest BCUT2D eigenvalue weighted by Crippen LogP contribution is -2.31. The molecule has 0 aromatic rings. The largest absolute Gasteiger partial charge is 0.286 e. The van der Waals surface area contributed by atoms with Crippen LogP contribution in [0.5, 0.6) is 0 Å². The number of rotatable bonds is 8. The van der Waals surface area contributed by atoms with Gasteiger partial charge in [-0.15, -0.1) is 0 Å². The third kappa shape index (κ3) is 7.79. The van der Waals surface area contributed by atoms with Gasteiger partial charge in [0.25, 0.3) is 30.4 Å². The van der Waals surface area contributed by atoms with Crippen molar-refractivity contribution in [2.45, 2.75) is 36.7 Å². The Kier molecular flexibility index (Phi) is 6.36. The highest BCUT2D eigenvalue weighted by Crippen LogP contribution is 2.19. The lowest BCUT2D eigenvalue weighted by Gasteiger charge is -2.18. The summed E-state index contributed by atoms with van der Waals surface area (Å²) in [6.07, 6.45) is -1.45. The normalized spacial score (nSPS) is 17.1. The smallest absolute Gasteiger partial charge is 0.267 e. The quantitative estimate of drug-likeness (QED) is 0.498. The zero-order valence-corrected chi connectivity index (χ0v) is 12.4. The predicted molar refractivity (Wildman–Crippen MR) is 66.6 cm³/mol. The first-order valence-corrected chi connectivity index (χ1v) is 9.76. The molecule has 0 aromatic heterocycles. The van der Waals surface area contributed by atoms with Crippen molar-refractivity contribution < 1.29 is 38.9 Å². The summed E-state index contributed by atoms with van der Waals surface area (Å²) in [5, 5.41) is -3.15. The van der Waals surface area contributed by atoms with Crippen molar-refractivity contribution >= 4 is 30.4 Å². The summed E-state index contributed by atoms with van der Waals surface area (Å²) in [7, 11) is -13.7.